The fourth-order valence-corrected chi connectivity index (χ4v) is 5.40. The van der Waals surface area contributed by atoms with Gasteiger partial charge >= 0.3 is 0 Å². The van der Waals surface area contributed by atoms with Crippen molar-refractivity contribution in [3.63, 3.8) is 0 Å². The highest BCUT2D eigenvalue weighted by atomic mass is 16.3. The molecule has 4 fully saturated rings. The molecule has 4 bridgehead atoms. The Bertz CT molecular complexity index is 438. The molecule has 0 saturated heterocycles. The molecule has 0 radical (unpaired) electrons. The lowest BCUT2D eigenvalue weighted by atomic mass is 9.48. The molecule has 2 nitrogen and oxygen atoms in total. The lowest BCUT2D eigenvalue weighted by Gasteiger charge is -2.58. The molecule has 2 heteroatoms. The zero-order chi connectivity index (χ0) is 12.9. The standard InChI is InChI=1S/C17H23NO/c1-12(18-11-16-3-2-4-19-16)17-8-13-5-14(9-17)7-15(6-13)10-17/h2-4,11-15H,5-10H2,1H3. The summed E-state index contributed by atoms with van der Waals surface area (Å²) in [5.41, 5.74) is 0.512. The monoisotopic (exact) mass is 257 g/mol. The fourth-order valence-electron chi connectivity index (χ4n) is 5.40. The van der Waals surface area contributed by atoms with Crippen LogP contribution in [-0.4, -0.2) is 12.3 Å². The normalized spacial score (nSPS) is 42.1. The van der Waals surface area contributed by atoms with Gasteiger partial charge in [0.15, 0.2) is 0 Å². The molecule has 19 heavy (non-hydrogen) atoms. The molecule has 1 aromatic rings. The average molecular weight is 257 g/mol. The first-order valence-corrected chi connectivity index (χ1v) is 7.80. The lowest BCUT2D eigenvalue weighted by Crippen LogP contribution is -2.50. The maximum Gasteiger partial charge on any atom is 0.144 e. The van der Waals surface area contributed by atoms with Gasteiger partial charge in [-0.1, -0.05) is 0 Å². The van der Waals surface area contributed by atoms with Crippen molar-refractivity contribution < 1.29 is 4.42 Å². The number of aliphatic imine (C=N–C) groups is 1. The van der Waals surface area contributed by atoms with Crippen LogP contribution in [0.15, 0.2) is 27.8 Å². The highest BCUT2D eigenvalue weighted by molar-refractivity contribution is 5.75. The van der Waals surface area contributed by atoms with Crippen LogP contribution in [0.5, 0.6) is 0 Å². The Kier molecular flexibility index (Phi) is 2.61. The van der Waals surface area contributed by atoms with Gasteiger partial charge in [-0.3, -0.25) is 4.99 Å². The Labute approximate surface area is 115 Å². The van der Waals surface area contributed by atoms with Crippen LogP contribution in [0.2, 0.25) is 0 Å². The third kappa shape index (κ3) is 1.96. The van der Waals surface area contributed by atoms with Crippen molar-refractivity contribution in [2.45, 2.75) is 51.5 Å². The fraction of sp³-hybridized carbons (Fsp3) is 0.706. The van der Waals surface area contributed by atoms with Gasteiger partial charge in [0.1, 0.15) is 5.76 Å². The molecule has 4 aliphatic carbocycles. The van der Waals surface area contributed by atoms with Crippen LogP contribution in [0.25, 0.3) is 0 Å². The second-order valence-corrected chi connectivity index (χ2v) is 7.25. The summed E-state index contributed by atoms with van der Waals surface area (Å²) in [4.78, 5) is 4.84. The van der Waals surface area contributed by atoms with Crippen molar-refractivity contribution in [3.05, 3.63) is 24.2 Å². The van der Waals surface area contributed by atoms with Crippen LogP contribution in [-0.2, 0) is 0 Å². The third-order valence-electron chi connectivity index (χ3n) is 5.94. The minimum absolute atomic E-state index is 0.450. The van der Waals surface area contributed by atoms with Gasteiger partial charge < -0.3 is 4.42 Å². The van der Waals surface area contributed by atoms with E-state index in [4.69, 9.17) is 9.41 Å². The van der Waals surface area contributed by atoms with Gasteiger partial charge in [0, 0.05) is 0 Å². The summed E-state index contributed by atoms with van der Waals surface area (Å²) in [7, 11) is 0. The smallest absolute Gasteiger partial charge is 0.144 e. The Morgan fingerprint density at radius 3 is 2.37 bits per heavy atom. The first-order chi connectivity index (χ1) is 9.23. The Balaban J connectivity index is 1.54. The zero-order valence-electron chi connectivity index (χ0n) is 11.7. The molecular formula is C17H23NO. The summed E-state index contributed by atoms with van der Waals surface area (Å²) >= 11 is 0. The van der Waals surface area contributed by atoms with E-state index in [-0.39, 0.29) is 0 Å². The summed E-state index contributed by atoms with van der Waals surface area (Å²) in [6.07, 6.45) is 12.5. The zero-order valence-corrected chi connectivity index (χ0v) is 11.7. The molecule has 0 aliphatic heterocycles. The van der Waals surface area contributed by atoms with E-state index in [0.29, 0.717) is 11.5 Å². The lowest BCUT2D eigenvalue weighted by molar-refractivity contribution is -0.0632. The average Bonchev–Trinajstić information content (AvgIpc) is 2.87. The number of hydrogen-bond acceptors (Lipinski definition) is 2. The highest BCUT2D eigenvalue weighted by Gasteiger charge is 2.53. The Morgan fingerprint density at radius 1 is 1.21 bits per heavy atom. The molecule has 1 unspecified atom stereocenters. The highest BCUT2D eigenvalue weighted by Crippen LogP contribution is 2.61. The predicted octanol–water partition coefficient (Wildman–Crippen LogP) is 4.30. The van der Waals surface area contributed by atoms with Gasteiger partial charge in [-0.2, -0.15) is 0 Å². The molecule has 102 valence electrons. The van der Waals surface area contributed by atoms with E-state index in [9.17, 15) is 0 Å². The molecule has 1 heterocycles. The molecule has 4 aliphatic rings. The molecule has 0 amide bonds. The van der Waals surface area contributed by atoms with Crippen LogP contribution in [0.1, 0.15) is 51.2 Å². The predicted molar refractivity (Wildman–Crippen MR) is 76.4 cm³/mol. The summed E-state index contributed by atoms with van der Waals surface area (Å²) in [6.45, 7) is 2.33. The van der Waals surface area contributed by atoms with Gasteiger partial charge in [-0.25, -0.2) is 0 Å². The van der Waals surface area contributed by atoms with Crippen molar-refractivity contribution >= 4 is 6.21 Å². The minimum Gasteiger partial charge on any atom is -0.463 e. The first kappa shape index (κ1) is 11.7. The minimum atomic E-state index is 0.450. The summed E-state index contributed by atoms with van der Waals surface area (Å²) in [5.74, 6) is 3.91. The molecule has 0 aromatic carbocycles. The van der Waals surface area contributed by atoms with Gasteiger partial charge in [0.2, 0.25) is 0 Å². The topological polar surface area (TPSA) is 25.5 Å². The first-order valence-electron chi connectivity index (χ1n) is 7.80. The summed E-state index contributed by atoms with van der Waals surface area (Å²) in [5, 5.41) is 0. The van der Waals surface area contributed by atoms with Crippen LogP contribution >= 0.6 is 0 Å². The van der Waals surface area contributed by atoms with Crippen molar-refractivity contribution in [1.82, 2.24) is 0 Å². The maximum atomic E-state index is 5.35. The molecule has 1 aromatic heterocycles. The summed E-state index contributed by atoms with van der Waals surface area (Å²) < 4.78 is 5.35. The maximum absolute atomic E-state index is 5.35. The van der Waals surface area contributed by atoms with Crippen LogP contribution in [0.3, 0.4) is 0 Å². The third-order valence-corrected chi connectivity index (χ3v) is 5.94. The van der Waals surface area contributed by atoms with E-state index in [0.717, 1.165) is 23.5 Å². The van der Waals surface area contributed by atoms with E-state index in [1.165, 1.54) is 38.5 Å². The van der Waals surface area contributed by atoms with Crippen molar-refractivity contribution in [1.29, 1.82) is 0 Å². The van der Waals surface area contributed by atoms with E-state index in [2.05, 4.69) is 6.92 Å². The van der Waals surface area contributed by atoms with E-state index in [1.807, 2.05) is 18.3 Å². The number of nitrogens with zero attached hydrogens (tertiary/aromatic N) is 1. The van der Waals surface area contributed by atoms with Crippen molar-refractivity contribution in [2.24, 2.45) is 28.2 Å². The number of hydrogen-bond donors (Lipinski definition) is 0. The number of furan rings is 1. The SMILES string of the molecule is CC(N=Cc1ccco1)C12CC3CC(CC(C3)C1)C2. The molecule has 1 atom stereocenters. The number of rotatable bonds is 3. The molecule has 5 rings (SSSR count). The van der Waals surface area contributed by atoms with Gasteiger partial charge in [0.05, 0.1) is 18.5 Å². The molecule has 0 spiro atoms. The van der Waals surface area contributed by atoms with Gasteiger partial charge in [-0.15, -0.1) is 0 Å². The van der Waals surface area contributed by atoms with Gasteiger partial charge in [-0.05, 0) is 80.8 Å². The summed E-state index contributed by atoms with van der Waals surface area (Å²) in [6, 6.07) is 4.36. The quantitative estimate of drug-likeness (QED) is 0.741. The van der Waals surface area contributed by atoms with E-state index in [1.54, 1.807) is 6.26 Å². The van der Waals surface area contributed by atoms with E-state index >= 15 is 0 Å². The van der Waals surface area contributed by atoms with Crippen molar-refractivity contribution in [2.75, 3.05) is 0 Å². The van der Waals surface area contributed by atoms with Crippen LogP contribution < -0.4 is 0 Å². The van der Waals surface area contributed by atoms with Crippen LogP contribution in [0.4, 0.5) is 0 Å². The van der Waals surface area contributed by atoms with Crippen LogP contribution in [0, 0.1) is 23.2 Å². The Hall–Kier alpha value is -1.05. The van der Waals surface area contributed by atoms with E-state index < -0.39 is 0 Å². The molecule has 4 saturated carbocycles. The molecule has 0 N–H and O–H groups in total. The van der Waals surface area contributed by atoms with Crippen molar-refractivity contribution in [3.8, 4) is 0 Å². The Morgan fingerprint density at radius 2 is 1.84 bits per heavy atom. The molecular weight excluding hydrogens is 234 g/mol. The second kappa shape index (κ2) is 4.22. The largest absolute Gasteiger partial charge is 0.463 e. The second-order valence-electron chi connectivity index (χ2n) is 7.25. The van der Waals surface area contributed by atoms with Gasteiger partial charge in [0.25, 0.3) is 0 Å².